The van der Waals surface area contributed by atoms with Crippen LogP contribution in [0, 0.1) is 11.3 Å². The molecule has 0 bridgehead atoms. The number of hydrogen-bond donors (Lipinski definition) is 0. The lowest BCUT2D eigenvalue weighted by atomic mass is 10.1. The summed E-state index contributed by atoms with van der Waals surface area (Å²) in [4.78, 5) is 11.6. The fourth-order valence-corrected chi connectivity index (χ4v) is 2.64. The molecular weight excluding hydrogens is 238 g/mol. The van der Waals surface area contributed by atoms with E-state index in [4.69, 9.17) is 14.7 Å². The zero-order valence-corrected chi connectivity index (χ0v) is 10.1. The van der Waals surface area contributed by atoms with Crippen LogP contribution in [0.4, 0.5) is 0 Å². The molecule has 0 unspecified atom stereocenters. The predicted molar refractivity (Wildman–Crippen MR) is 65.0 cm³/mol. The molecule has 0 atom stereocenters. The second kappa shape index (κ2) is 4.44. The molecule has 0 amide bonds. The molecule has 0 aliphatic carbocycles. The van der Waals surface area contributed by atoms with Gasteiger partial charge in [0.25, 0.3) is 0 Å². The van der Waals surface area contributed by atoms with Crippen LogP contribution < -0.4 is 9.47 Å². The Bertz CT molecular complexity index is 625. The number of nitriles is 1. The smallest absolute Gasteiger partial charge is 0.155 e. The number of thiophene rings is 1. The molecule has 5 heteroatoms. The van der Waals surface area contributed by atoms with Crippen LogP contribution in [0.15, 0.2) is 12.1 Å². The van der Waals surface area contributed by atoms with Crippen molar-refractivity contribution in [3.05, 3.63) is 22.6 Å². The molecular formula is C12H9NO3S. The number of nitrogens with zero attached hydrogens (tertiary/aromatic N) is 1. The highest BCUT2D eigenvalue weighted by Crippen LogP contribution is 2.39. The molecule has 0 spiro atoms. The maximum Gasteiger partial charge on any atom is 0.155 e. The van der Waals surface area contributed by atoms with Gasteiger partial charge in [0, 0.05) is 11.5 Å². The molecule has 0 saturated heterocycles. The molecule has 0 aliphatic heterocycles. The second-order valence-electron chi connectivity index (χ2n) is 3.28. The first-order valence-electron chi connectivity index (χ1n) is 4.79. The summed E-state index contributed by atoms with van der Waals surface area (Å²) in [6.07, 6.45) is 0.734. The fourth-order valence-electron chi connectivity index (χ4n) is 1.67. The van der Waals surface area contributed by atoms with E-state index in [-0.39, 0.29) is 0 Å². The van der Waals surface area contributed by atoms with Crippen LogP contribution in [0.3, 0.4) is 0 Å². The number of carbonyl (C=O) groups excluding carboxylic acids is 1. The van der Waals surface area contributed by atoms with Gasteiger partial charge < -0.3 is 9.47 Å². The second-order valence-corrected chi connectivity index (χ2v) is 4.33. The number of aldehydes is 1. The Morgan fingerprint density at radius 2 is 2.00 bits per heavy atom. The van der Waals surface area contributed by atoms with Crippen LogP contribution >= 0.6 is 11.3 Å². The first kappa shape index (κ1) is 11.4. The lowest BCUT2D eigenvalue weighted by Gasteiger charge is -2.08. The Morgan fingerprint density at radius 3 is 2.53 bits per heavy atom. The number of carbonyl (C=O) groups is 1. The highest BCUT2D eigenvalue weighted by atomic mass is 32.1. The van der Waals surface area contributed by atoms with Crippen molar-refractivity contribution in [2.24, 2.45) is 0 Å². The van der Waals surface area contributed by atoms with Gasteiger partial charge in [-0.2, -0.15) is 5.26 Å². The number of rotatable bonds is 3. The first-order valence-corrected chi connectivity index (χ1v) is 5.60. The van der Waals surface area contributed by atoms with E-state index in [1.54, 1.807) is 19.2 Å². The molecule has 4 nitrogen and oxygen atoms in total. The number of methoxy groups -OCH3 is 2. The average molecular weight is 247 g/mol. The van der Waals surface area contributed by atoms with Crippen LogP contribution in [0.25, 0.3) is 10.1 Å². The predicted octanol–water partition coefficient (Wildman–Crippen LogP) is 2.60. The SMILES string of the molecule is COc1cc(OC)c2cc(C#N)sc2c1C=O. The summed E-state index contributed by atoms with van der Waals surface area (Å²) in [7, 11) is 3.03. The van der Waals surface area contributed by atoms with Crippen LogP contribution in [0.1, 0.15) is 15.2 Å². The van der Waals surface area contributed by atoms with E-state index in [1.807, 2.05) is 0 Å². The minimum absolute atomic E-state index is 0.454. The van der Waals surface area contributed by atoms with Crippen molar-refractivity contribution in [2.45, 2.75) is 0 Å². The summed E-state index contributed by atoms with van der Waals surface area (Å²) in [6, 6.07) is 5.43. The molecule has 17 heavy (non-hydrogen) atoms. The number of fused-ring (bicyclic) bond motifs is 1. The first-order chi connectivity index (χ1) is 8.24. The molecule has 0 saturated carbocycles. The van der Waals surface area contributed by atoms with E-state index < -0.39 is 0 Å². The Hall–Kier alpha value is -2.06. The Morgan fingerprint density at radius 1 is 1.29 bits per heavy atom. The van der Waals surface area contributed by atoms with Gasteiger partial charge in [0.05, 0.1) is 24.5 Å². The Kier molecular flexibility index (Phi) is 2.98. The molecule has 0 N–H and O–H groups in total. The third-order valence-corrected chi connectivity index (χ3v) is 3.51. The molecule has 1 aromatic carbocycles. The van der Waals surface area contributed by atoms with Gasteiger partial charge in [-0.1, -0.05) is 0 Å². The summed E-state index contributed by atoms with van der Waals surface area (Å²) in [5.74, 6) is 1.05. The summed E-state index contributed by atoms with van der Waals surface area (Å²) >= 11 is 1.26. The summed E-state index contributed by atoms with van der Waals surface area (Å²) in [5.41, 5.74) is 0.454. The van der Waals surface area contributed by atoms with Crippen LogP contribution in [-0.4, -0.2) is 20.5 Å². The van der Waals surface area contributed by atoms with Crippen LogP contribution in [0.5, 0.6) is 11.5 Å². The molecule has 1 aromatic heterocycles. The largest absolute Gasteiger partial charge is 0.496 e. The number of hydrogen-bond acceptors (Lipinski definition) is 5. The van der Waals surface area contributed by atoms with E-state index in [2.05, 4.69) is 6.07 Å². The molecule has 0 aliphatic rings. The highest BCUT2D eigenvalue weighted by molar-refractivity contribution is 7.20. The van der Waals surface area contributed by atoms with Gasteiger partial charge >= 0.3 is 0 Å². The van der Waals surface area contributed by atoms with E-state index in [0.717, 1.165) is 11.7 Å². The van der Waals surface area contributed by atoms with Crippen molar-refractivity contribution in [1.82, 2.24) is 0 Å². The quantitative estimate of drug-likeness (QED) is 0.782. The van der Waals surface area contributed by atoms with Crippen molar-refractivity contribution in [3.63, 3.8) is 0 Å². The van der Waals surface area contributed by atoms with Crippen molar-refractivity contribution in [3.8, 4) is 17.6 Å². The third kappa shape index (κ3) is 1.73. The zero-order chi connectivity index (χ0) is 12.4. The van der Waals surface area contributed by atoms with Gasteiger partial charge in [-0.05, 0) is 6.07 Å². The van der Waals surface area contributed by atoms with Crippen LogP contribution in [0.2, 0.25) is 0 Å². The van der Waals surface area contributed by atoms with E-state index in [0.29, 0.717) is 26.6 Å². The minimum atomic E-state index is 0.454. The van der Waals surface area contributed by atoms with E-state index in [1.165, 1.54) is 18.4 Å². The summed E-state index contributed by atoms with van der Waals surface area (Å²) < 4.78 is 11.1. The van der Waals surface area contributed by atoms with Crippen molar-refractivity contribution in [1.29, 1.82) is 5.26 Å². The van der Waals surface area contributed by atoms with Gasteiger partial charge in [0.1, 0.15) is 22.4 Å². The van der Waals surface area contributed by atoms with Gasteiger partial charge in [-0.15, -0.1) is 11.3 Å². The minimum Gasteiger partial charge on any atom is -0.496 e. The third-order valence-electron chi connectivity index (χ3n) is 2.44. The fraction of sp³-hybridized carbons (Fsp3) is 0.167. The van der Waals surface area contributed by atoms with Crippen molar-refractivity contribution < 1.29 is 14.3 Å². The molecule has 86 valence electrons. The lowest BCUT2D eigenvalue weighted by Crippen LogP contribution is -1.93. The Balaban J connectivity index is 2.89. The lowest BCUT2D eigenvalue weighted by molar-refractivity contribution is 0.112. The monoisotopic (exact) mass is 247 g/mol. The van der Waals surface area contributed by atoms with Crippen molar-refractivity contribution >= 4 is 27.7 Å². The topological polar surface area (TPSA) is 59.3 Å². The maximum absolute atomic E-state index is 11.1. The standard InChI is InChI=1S/C12H9NO3S/c1-15-10-4-11(16-2)9(6-14)12-8(10)3-7(5-13)17-12/h3-4,6H,1-2H3. The van der Waals surface area contributed by atoms with Gasteiger partial charge in [-0.3, -0.25) is 4.79 Å². The van der Waals surface area contributed by atoms with E-state index >= 15 is 0 Å². The maximum atomic E-state index is 11.1. The highest BCUT2D eigenvalue weighted by Gasteiger charge is 2.16. The number of benzene rings is 1. The molecule has 2 rings (SSSR count). The number of ether oxygens (including phenoxy) is 2. The molecule has 1 heterocycles. The molecule has 0 fully saturated rings. The zero-order valence-electron chi connectivity index (χ0n) is 9.31. The molecule has 0 radical (unpaired) electrons. The van der Waals surface area contributed by atoms with Crippen LogP contribution in [-0.2, 0) is 0 Å². The van der Waals surface area contributed by atoms with Gasteiger partial charge in [0.15, 0.2) is 6.29 Å². The van der Waals surface area contributed by atoms with E-state index in [9.17, 15) is 4.79 Å². The van der Waals surface area contributed by atoms with Gasteiger partial charge in [-0.25, -0.2) is 0 Å². The average Bonchev–Trinajstić information content (AvgIpc) is 2.80. The molecule has 2 aromatic rings. The summed E-state index contributed by atoms with van der Waals surface area (Å²) in [6.45, 7) is 0. The normalized spacial score (nSPS) is 9.94. The summed E-state index contributed by atoms with van der Waals surface area (Å²) in [5, 5.41) is 9.65. The van der Waals surface area contributed by atoms with Gasteiger partial charge in [0.2, 0.25) is 0 Å². The van der Waals surface area contributed by atoms with Crippen molar-refractivity contribution in [2.75, 3.05) is 14.2 Å². The Labute approximate surface area is 102 Å².